The Labute approximate surface area is 174 Å². The molecule has 2 aliphatic heterocycles. The van der Waals surface area contributed by atoms with Crippen LogP contribution in [0.3, 0.4) is 0 Å². The third-order valence-corrected chi connectivity index (χ3v) is 6.62. The van der Waals surface area contributed by atoms with Crippen molar-refractivity contribution in [1.82, 2.24) is 14.8 Å². The van der Waals surface area contributed by atoms with Gasteiger partial charge in [-0.1, -0.05) is 24.3 Å². The maximum Gasteiger partial charge on any atom is 0.276 e. The van der Waals surface area contributed by atoms with Gasteiger partial charge in [0, 0.05) is 44.3 Å². The Bertz CT molecular complexity index is 1010. The van der Waals surface area contributed by atoms with Crippen LogP contribution in [0.4, 0.5) is 4.39 Å². The summed E-state index contributed by atoms with van der Waals surface area (Å²) in [5.41, 5.74) is 1.02. The van der Waals surface area contributed by atoms with E-state index in [4.69, 9.17) is 4.42 Å². The molecule has 0 unspecified atom stereocenters. The van der Waals surface area contributed by atoms with Crippen molar-refractivity contribution in [2.45, 2.75) is 25.8 Å². The molecular weight excluding hydrogens is 385 g/mol. The summed E-state index contributed by atoms with van der Waals surface area (Å²) in [7, 11) is 0. The maximum atomic E-state index is 14.0. The molecule has 0 bridgehead atoms. The fourth-order valence-corrected chi connectivity index (χ4v) is 5.24. The number of rotatable bonds is 3. The second-order valence-electron chi connectivity index (χ2n) is 8.52. The molecule has 3 heterocycles. The van der Waals surface area contributed by atoms with Crippen LogP contribution in [0, 0.1) is 30.5 Å². The van der Waals surface area contributed by atoms with E-state index in [1.54, 1.807) is 17.9 Å². The zero-order valence-corrected chi connectivity index (χ0v) is 16.8. The van der Waals surface area contributed by atoms with Crippen molar-refractivity contribution in [3.63, 3.8) is 0 Å². The van der Waals surface area contributed by atoms with Gasteiger partial charge in [0.25, 0.3) is 5.91 Å². The zero-order valence-electron chi connectivity index (χ0n) is 16.8. The van der Waals surface area contributed by atoms with Crippen LogP contribution in [0.5, 0.6) is 0 Å². The minimum atomic E-state index is -0.330. The fourth-order valence-electron chi connectivity index (χ4n) is 5.24. The summed E-state index contributed by atoms with van der Waals surface area (Å²) in [5, 5.41) is 0. The number of benzene rings is 1. The van der Waals surface area contributed by atoms with Gasteiger partial charge in [-0.05, 0) is 30.5 Å². The monoisotopic (exact) mass is 409 g/mol. The van der Waals surface area contributed by atoms with E-state index < -0.39 is 0 Å². The number of carbonyl (C=O) groups excluding carboxylic acids is 2. The molecule has 1 aromatic heterocycles. The van der Waals surface area contributed by atoms with Gasteiger partial charge in [-0.2, -0.15) is 0 Å². The number of aromatic nitrogens is 1. The first-order chi connectivity index (χ1) is 14.5. The number of fused-ring (bicyclic) bond motifs is 1. The van der Waals surface area contributed by atoms with Gasteiger partial charge in [0.1, 0.15) is 12.1 Å². The third-order valence-electron chi connectivity index (χ3n) is 6.62. The fraction of sp³-hybridized carbons (Fsp3) is 0.435. The molecular formula is C23H24FN3O3. The van der Waals surface area contributed by atoms with E-state index in [1.165, 1.54) is 18.4 Å². The molecule has 5 rings (SSSR count). The van der Waals surface area contributed by atoms with E-state index >= 15 is 0 Å². The Morgan fingerprint density at radius 2 is 1.97 bits per heavy atom. The zero-order chi connectivity index (χ0) is 20.8. The van der Waals surface area contributed by atoms with Crippen LogP contribution in [0.25, 0.3) is 0 Å². The van der Waals surface area contributed by atoms with Crippen molar-refractivity contribution >= 4 is 11.8 Å². The van der Waals surface area contributed by atoms with Crippen LogP contribution in [0.1, 0.15) is 40.8 Å². The molecule has 0 radical (unpaired) electrons. The van der Waals surface area contributed by atoms with Gasteiger partial charge in [0.15, 0.2) is 11.6 Å². The van der Waals surface area contributed by atoms with Crippen LogP contribution in [0.2, 0.25) is 0 Å². The number of amides is 2. The van der Waals surface area contributed by atoms with E-state index in [2.05, 4.69) is 17.1 Å². The van der Waals surface area contributed by atoms with E-state index in [0.717, 1.165) is 18.4 Å². The summed E-state index contributed by atoms with van der Waals surface area (Å²) in [6.07, 6.45) is 7.10. The first-order valence-corrected chi connectivity index (χ1v) is 10.4. The Morgan fingerprint density at radius 1 is 1.17 bits per heavy atom. The minimum absolute atomic E-state index is 0.0345. The van der Waals surface area contributed by atoms with E-state index in [1.807, 2.05) is 11.0 Å². The van der Waals surface area contributed by atoms with Crippen LogP contribution >= 0.6 is 0 Å². The maximum absolute atomic E-state index is 14.0. The van der Waals surface area contributed by atoms with Gasteiger partial charge >= 0.3 is 0 Å². The number of allylic oxidation sites excluding steroid dienone is 2. The molecule has 2 amide bonds. The smallest absolute Gasteiger partial charge is 0.276 e. The number of hydrogen-bond donors (Lipinski definition) is 0. The molecule has 3 atom stereocenters. The molecule has 7 heteroatoms. The molecule has 1 aliphatic carbocycles. The Kier molecular flexibility index (Phi) is 4.68. The molecule has 6 nitrogen and oxygen atoms in total. The molecule has 1 aromatic carbocycles. The molecule has 2 aromatic rings. The summed E-state index contributed by atoms with van der Waals surface area (Å²) in [5.74, 6) is 0.347. The Balaban J connectivity index is 1.43. The van der Waals surface area contributed by atoms with Crippen molar-refractivity contribution in [1.29, 1.82) is 0 Å². The average molecular weight is 409 g/mol. The van der Waals surface area contributed by atoms with Crippen molar-refractivity contribution in [2.75, 3.05) is 19.6 Å². The molecule has 0 saturated carbocycles. The minimum Gasteiger partial charge on any atom is -0.448 e. The van der Waals surface area contributed by atoms with E-state index in [0.29, 0.717) is 25.5 Å². The molecule has 0 N–H and O–H groups in total. The lowest BCUT2D eigenvalue weighted by atomic mass is 9.89. The Hall–Kier alpha value is -2.96. The van der Waals surface area contributed by atoms with Crippen molar-refractivity contribution in [3.05, 3.63) is 65.6 Å². The highest BCUT2D eigenvalue weighted by atomic mass is 19.1. The summed E-state index contributed by atoms with van der Waals surface area (Å²) in [6, 6.07) is 6.13. The lowest BCUT2D eigenvalue weighted by Gasteiger charge is -2.30. The first kappa shape index (κ1) is 19.0. The highest BCUT2D eigenvalue weighted by molar-refractivity contribution is 5.92. The predicted molar refractivity (Wildman–Crippen MR) is 107 cm³/mol. The molecule has 0 spiro atoms. The lowest BCUT2D eigenvalue weighted by Crippen LogP contribution is -2.39. The second kappa shape index (κ2) is 7.38. The lowest BCUT2D eigenvalue weighted by molar-refractivity contribution is -0.134. The highest BCUT2D eigenvalue weighted by Gasteiger charge is 2.51. The SMILES string of the molecule is Cc1nc(C(=O)N2C[C@@H]3CN(C(=O)C4CC=CC4)C[C@@H]3[C@@H]2c2cccc(F)c2)co1. The van der Waals surface area contributed by atoms with Crippen LogP contribution in [0.15, 0.2) is 47.1 Å². The predicted octanol–water partition coefficient (Wildman–Crippen LogP) is 3.36. The van der Waals surface area contributed by atoms with Gasteiger partial charge in [-0.3, -0.25) is 9.59 Å². The van der Waals surface area contributed by atoms with E-state index in [-0.39, 0.29) is 47.1 Å². The molecule has 156 valence electrons. The quantitative estimate of drug-likeness (QED) is 0.729. The van der Waals surface area contributed by atoms with Gasteiger partial charge in [0.2, 0.25) is 5.91 Å². The van der Waals surface area contributed by atoms with Crippen LogP contribution in [-0.4, -0.2) is 46.2 Å². The Morgan fingerprint density at radius 3 is 2.67 bits per heavy atom. The van der Waals surface area contributed by atoms with Gasteiger partial charge < -0.3 is 14.2 Å². The van der Waals surface area contributed by atoms with Crippen LogP contribution in [-0.2, 0) is 4.79 Å². The topological polar surface area (TPSA) is 66.7 Å². The number of nitrogens with zero attached hydrogens (tertiary/aromatic N) is 3. The summed E-state index contributed by atoms with van der Waals surface area (Å²) < 4.78 is 19.3. The highest BCUT2D eigenvalue weighted by Crippen LogP contribution is 2.46. The number of hydrogen-bond acceptors (Lipinski definition) is 4. The third kappa shape index (κ3) is 3.22. The number of aryl methyl sites for hydroxylation is 1. The normalized spacial score (nSPS) is 25.9. The molecule has 3 aliphatic rings. The first-order valence-electron chi connectivity index (χ1n) is 10.4. The standard InChI is InChI=1S/C23H24FN3O3/c1-14-25-20(13-30-14)23(29)27-11-17-10-26(22(28)15-5-2-3-6-15)12-19(17)21(27)16-7-4-8-18(24)9-16/h2-4,7-9,13,15,17,19,21H,5-6,10-12H2,1H3/t17-,19-,21-/m0/s1. The number of halogens is 1. The largest absolute Gasteiger partial charge is 0.448 e. The summed E-state index contributed by atoms with van der Waals surface area (Å²) in [6.45, 7) is 3.43. The van der Waals surface area contributed by atoms with Gasteiger partial charge in [-0.25, -0.2) is 9.37 Å². The summed E-state index contributed by atoms with van der Waals surface area (Å²) in [4.78, 5) is 34.1. The van der Waals surface area contributed by atoms with Crippen molar-refractivity contribution in [3.8, 4) is 0 Å². The summed E-state index contributed by atoms with van der Waals surface area (Å²) >= 11 is 0. The van der Waals surface area contributed by atoms with Gasteiger partial charge in [-0.15, -0.1) is 0 Å². The number of oxazole rings is 1. The molecule has 2 fully saturated rings. The van der Waals surface area contributed by atoms with E-state index in [9.17, 15) is 14.0 Å². The molecule has 30 heavy (non-hydrogen) atoms. The van der Waals surface area contributed by atoms with Crippen molar-refractivity contribution < 1.29 is 18.4 Å². The number of likely N-dealkylation sites (tertiary alicyclic amines) is 2. The van der Waals surface area contributed by atoms with Crippen molar-refractivity contribution in [2.24, 2.45) is 17.8 Å². The van der Waals surface area contributed by atoms with Gasteiger partial charge in [0.05, 0.1) is 6.04 Å². The molecule has 2 saturated heterocycles. The van der Waals surface area contributed by atoms with Crippen LogP contribution < -0.4 is 0 Å². The number of carbonyl (C=O) groups is 2. The second-order valence-corrected chi connectivity index (χ2v) is 8.52. The average Bonchev–Trinajstić information content (AvgIpc) is 3.50.